The van der Waals surface area contributed by atoms with E-state index >= 15 is 0 Å². The number of hydrogen-bond acceptors (Lipinski definition) is 5. The zero-order valence-electron chi connectivity index (χ0n) is 20.4. The second kappa shape index (κ2) is 8.29. The number of amides is 5. The number of nitrogens with one attached hydrogen (secondary N) is 2. The number of benzene rings is 2. The second-order valence-electron chi connectivity index (χ2n) is 10.3. The van der Waals surface area contributed by atoms with Gasteiger partial charge in [0.05, 0.1) is 6.04 Å². The average molecular weight is 507 g/mol. The second-order valence-corrected chi connectivity index (χ2v) is 10.3. The molecule has 2 aromatic carbocycles. The molecule has 9 nitrogen and oxygen atoms in total. The van der Waals surface area contributed by atoms with Crippen LogP contribution in [-0.2, 0) is 26.3 Å². The molecule has 1 unspecified atom stereocenters. The number of carbonyl (C=O) groups excluding carboxylic acids is 4. The molecule has 5 amide bonds. The van der Waals surface area contributed by atoms with Gasteiger partial charge in [-0.1, -0.05) is 18.2 Å². The van der Waals surface area contributed by atoms with Crippen molar-refractivity contribution >= 4 is 29.6 Å². The normalized spacial score (nSPS) is 25.0. The van der Waals surface area contributed by atoms with E-state index in [0.717, 1.165) is 41.7 Å². The molecule has 0 radical (unpaired) electrons. The minimum Gasteiger partial charge on any atom is -0.427 e. The maximum atomic E-state index is 13.6. The molecule has 2 spiro atoms. The van der Waals surface area contributed by atoms with Crippen molar-refractivity contribution in [3.8, 4) is 0 Å². The van der Waals surface area contributed by atoms with Crippen LogP contribution in [0.5, 0.6) is 0 Å². The fourth-order valence-electron chi connectivity index (χ4n) is 6.20. The Kier molecular flexibility index (Phi) is 5.25. The minimum atomic E-state index is -1.46. The van der Waals surface area contributed by atoms with Crippen molar-refractivity contribution in [2.24, 2.45) is 0 Å². The molecule has 37 heavy (non-hydrogen) atoms. The Morgan fingerprint density at radius 3 is 2.54 bits per heavy atom. The van der Waals surface area contributed by atoms with Gasteiger partial charge in [0.15, 0.2) is 0 Å². The van der Waals surface area contributed by atoms with Crippen LogP contribution in [0.2, 0.25) is 0 Å². The summed E-state index contributed by atoms with van der Waals surface area (Å²) in [5.74, 6) is -1.20. The van der Waals surface area contributed by atoms with Crippen LogP contribution in [0.15, 0.2) is 42.5 Å². The third-order valence-corrected chi connectivity index (χ3v) is 8.19. The summed E-state index contributed by atoms with van der Waals surface area (Å²) in [6.45, 7) is -0.398. The highest BCUT2D eigenvalue weighted by molar-refractivity contribution is 6.06. The molecule has 10 heteroatoms. The Hall–Kier alpha value is -3.95. The molecule has 2 aromatic rings. The smallest absolute Gasteiger partial charge is 0.418 e. The van der Waals surface area contributed by atoms with E-state index in [4.69, 9.17) is 4.74 Å². The van der Waals surface area contributed by atoms with Crippen molar-refractivity contribution in [3.63, 3.8) is 0 Å². The lowest BCUT2D eigenvalue weighted by Gasteiger charge is -2.32. The third kappa shape index (κ3) is 3.65. The molecule has 192 valence electrons. The molecule has 4 aliphatic rings. The van der Waals surface area contributed by atoms with Crippen molar-refractivity contribution < 1.29 is 28.3 Å². The summed E-state index contributed by atoms with van der Waals surface area (Å²) >= 11 is 0. The first-order valence-electron chi connectivity index (χ1n) is 12.5. The van der Waals surface area contributed by atoms with Gasteiger partial charge in [0.25, 0.3) is 5.91 Å². The van der Waals surface area contributed by atoms with Crippen molar-refractivity contribution in [1.82, 2.24) is 15.1 Å². The summed E-state index contributed by atoms with van der Waals surface area (Å²) in [6.07, 6.45) is 3.26. The van der Waals surface area contributed by atoms with Crippen LogP contribution in [0, 0.1) is 5.82 Å². The predicted molar refractivity (Wildman–Crippen MR) is 130 cm³/mol. The third-order valence-electron chi connectivity index (χ3n) is 8.19. The van der Waals surface area contributed by atoms with Gasteiger partial charge in [0.2, 0.25) is 11.5 Å². The zero-order chi connectivity index (χ0) is 25.9. The molecule has 0 bridgehead atoms. The average Bonchev–Trinajstić information content (AvgIpc) is 3.34. The van der Waals surface area contributed by atoms with Crippen molar-refractivity contribution in [2.45, 2.75) is 55.7 Å². The van der Waals surface area contributed by atoms with Gasteiger partial charge in [-0.2, -0.15) is 0 Å². The van der Waals surface area contributed by atoms with E-state index in [2.05, 4.69) is 10.6 Å². The number of imide groups is 1. The molecular weight excluding hydrogens is 479 g/mol. The van der Waals surface area contributed by atoms with Crippen LogP contribution in [0.3, 0.4) is 0 Å². The molecule has 2 N–H and O–H groups in total. The van der Waals surface area contributed by atoms with Gasteiger partial charge in [-0.15, -0.1) is 0 Å². The first-order chi connectivity index (χ1) is 17.8. The summed E-state index contributed by atoms with van der Waals surface area (Å²) in [5.41, 5.74) is 1.07. The number of rotatable bonds is 4. The lowest BCUT2D eigenvalue weighted by molar-refractivity contribution is -0.143. The van der Waals surface area contributed by atoms with E-state index < -0.39 is 24.1 Å². The number of fused-ring (bicyclic) bond motifs is 2. The summed E-state index contributed by atoms with van der Waals surface area (Å²) in [4.78, 5) is 54.6. The lowest BCUT2D eigenvalue weighted by Crippen LogP contribution is -2.47. The Bertz CT molecular complexity index is 1320. The SMILES string of the molecule is CNC(=O)Nc1ccc2c(c1)CCC21OC(=O)N(CC(=O)N2[C@@H](c3ccc(F)cc3)CCC23CC3)C1=O. The fourth-order valence-corrected chi connectivity index (χ4v) is 6.20. The monoisotopic (exact) mass is 506 g/mol. The lowest BCUT2D eigenvalue weighted by atomic mass is 9.94. The maximum absolute atomic E-state index is 13.6. The highest BCUT2D eigenvalue weighted by Crippen LogP contribution is 2.56. The zero-order valence-corrected chi connectivity index (χ0v) is 20.4. The molecular formula is C27H27FN4O5. The predicted octanol–water partition coefficient (Wildman–Crippen LogP) is 3.59. The number of carbonyl (C=O) groups is 4. The van der Waals surface area contributed by atoms with Crippen LogP contribution in [-0.4, -0.2) is 52.9 Å². The molecule has 2 saturated heterocycles. The van der Waals surface area contributed by atoms with Gasteiger partial charge in [0.1, 0.15) is 12.4 Å². The van der Waals surface area contributed by atoms with Crippen LogP contribution >= 0.6 is 0 Å². The number of anilines is 1. The number of halogens is 1. The van der Waals surface area contributed by atoms with E-state index in [1.165, 1.54) is 19.2 Å². The quantitative estimate of drug-likeness (QED) is 0.659. The molecule has 2 aliphatic carbocycles. The van der Waals surface area contributed by atoms with E-state index in [9.17, 15) is 23.6 Å². The van der Waals surface area contributed by atoms with Gasteiger partial charge in [-0.3, -0.25) is 9.59 Å². The van der Waals surface area contributed by atoms with E-state index in [1.54, 1.807) is 30.3 Å². The van der Waals surface area contributed by atoms with E-state index in [-0.39, 0.29) is 35.8 Å². The van der Waals surface area contributed by atoms with Gasteiger partial charge in [-0.25, -0.2) is 18.9 Å². The highest BCUT2D eigenvalue weighted by atomic mass is 19.1. The van der Waals surface area contributed by atoms with Gasteiger partial charge in [-0.05, 0) is 67.5 Å². The molecule has 0 aromatic heterocycles. The standard InChI is InChI=1S/C27H27FN4O5/c1-29-24(35)30-19-6-7-20-17(14-19)8-11-27(20)23(34)31(25(36)37-27)15-22(33)32-21(9-10-26(32)12-13-26)16-2-4-18(28)5-3-16/h2-7,14,21H,8-13,15H2,1H3,(H2,29,30,35)/t21-,27?/m1/s1. The summed E-state index contributed by atoms with van der Waals surface area (Å²) < 4.78 is 19.2. The fraction of sp³-hybridized carbons (Fsp3) is 0.407. The molecule has 2 aliphatic heterocycles. The molecule has 6 rings (SSSR count). The van der Waals surface area contributed by atoms with E-state index in [1.807, 2.05) is 4.90 Å². The number of aryl methyl sites for hydroxylation is 1. The Balaban J connectivity index is 1.23. The van der Waals surface area contributed by atoms with Crippen molar-refractivity contribution in [3.05, 3.63) is 65.0 Å². The Morgan fingerprint density at radius 2 is 1.84 bits per heavy atom. The minimum absolute atomic E-state index is 0.225. The summed E-state index contributed by atoms with van der Waals surface area (Å²) in [6, 6.07) is 10.7. The largest absolute Gasteiger partial charge is 0.427 e. The first kappa shape index (κ1) is 23.4. The molecule has 1 saturated carbocycles. The highest BCUT2D eigenvalue weighted by Gasteiger charge is 2.60. The topological polar surface area (TPSA) is 108 Å². The number of urea groups is 1. The van der Waals surface area contributed by atoms with Crippen LogP contribution < -0.4 is 10.6 Å². The van der Waals surface area contributed by atoms with Crippen LogP contribution in [0.25, 0.3) is 0 Å². The molecule has 2 heterocycles. The van der Waals surface area contributed by atoms with Gasteiger partial charge >= 0.3 is 12.1 Å². The van der Waals surface area contributed by atoms with Crippen molar-refractivity contribution in [2.75, 3.05) is 18.9 Å². The van der Waals surface area contributed by atoms with Crippen LogP contribution in [0.4, 0.5) is 19.7 Å². The molecule has 3 fully saturated rings. The molecule has 2 atom stereocenters. The number of nitrogens with zero attached hydrogens (tertiary/aromatic N) is 2. The number of hydrogen-bond donors (Lipinski definition) is 2. The number of ether oxygens (including phenoxy) is 1. The van der Waals surface area contributed by atoms with Crippen LogP contribution in [0.1, 0.15) is 54.8 Å². The first-order valence-corrected chi connectivity index (χ1v) is 12.5. The van der Waals surface area contributed by atoms with E-state index in [0.29, 0.717) is 17.7 Å². The number of likely N-dealkylation sites (tertiary alicyclic amines) is 1. The van der Waals surface area contributed by atoms with Gasteiger partial charge < -0.3 is 20.3 Å². The summed E-state index contributed by atoms with van der Waals surface area (Å²) in [5, 5.41) is 5.18. The van der Waals surface area contributed by atoms with Crippen molar-refractivity contribution in [1.29, 1.82) is 0 Å². The Morgan fingerprint density at radius 1 is 1.08 bits per heavy atom. The van der Waals surface area contributed by atoms with Gasteiger partial charge in [0, 0.05) is 30.3 Å². The summed E-state index contributed by atoms with van der Waals surface area (Å²) in [7, 11) is 1.51. The maximum Gasteiger partial charge on any atom is 0.418 e. The Labute approximate surface area is 212 Å².